The molecular weight excluding hydrogens is 351 g/mol. The van der Waals surface area contributed by atoms with Gasteiger partial charge in [-0.15, -0.1) is 0 Å². The number of nitrogens with one attached hydrogen (secondary N) is 1. The van der Waals surface area contributed by atoms with Crippen molar-refractivity contribution in [1.82, 2.24) is 5.32 Å². The Bertz CT molecular complexity index is 439. The minimum Gasteiger partial charge on any atom is -0.310 e. The van der Waals surface area contributed by atoms with Crippen LogP contribution in [0.15, 0.2) is 18.2 Å². The van der Waals surface area contributed by atoms with Crippen molar-refractivity contribution in [3.05, 3.63) is 26.8 Å². The van der Waals surface area contributed by atoms with Crippen molar-refractivity contribution in [2.24, 2.45) is 0 Å². The number of benzene rings is 1. The highest BCUT2D eigenvalue weighted by Crippen LogP contribution is 2.29. The average molecular weight is 365 g/mol. The molecule has 0 aromatic heterocycles. The molecule has 0 spiro atoms. The Hall–Kier alpha value is -0.330. The van der Waals surface area contributed by atoms with Crippen molar-refractivity contribution in [3.63, 3.8) is 0 Å². The molecule has 1 amide bonds. The van der Waals surface area contributed by atoms with Gasteiger partial charge in [-0.3, -0.25) is 4.79 Å². The number of amides is 1. The first-order chi connectivity index (χ1) is 8.13. The van der Waals surface area contributed by atoms with E-state index in [0.717, 1.165) is 28.8 Å². The number of carbonyl (C=O) groups is 1. The number of nitrogens with zero attached hydrogens (tertiary/aromatic N) is 1. The van der Waals surface area contributed by atoms with Crippen LogP contribution in [0.2, 0.25) is 5.02 Å². The third-order valence-corrected chi connectivity index (χ3v) is 3.96. The predicted molar refractivity (Wildman–Crippen MR) is 78.6 cm³/mol. The van der Waals surface area contributed by atoms with E-state index in [-0.39, 0.29) is 11.9 Å². The lowest BCUT2D eigenvalue weighted by atomic mass is 10.2. The summed E-state index contributed by atoms with van der Waals surface area (Å²) in [6, 6.07) is 5.58. The van der Waals surface area contributed by atoms with Gasteiger partial charge in [-0.2, -0.15) is 0 Å². The van der Waals surface area contributed by atoms with Gasteiger partial charge >= 0.3 is 0 Å². The lowest BCUT2D eigenvalue weighted by Crippen LogP contribution is -2.38. The molecule has 1 saturated heterocycles. The fourth-order valence-corrected chi connectivity index (χ4v) is 3.22. The summed E-state index contributed by atoms with van der Waals surface area (Å²) in [7, 11) is 0. The Balaban J connectivity index is 2.21. The number of likely N-dealkylation sites (N-methyl/N-ethyl adjacent to an activating group) is 1. The smallest absolute Gasteiger partial charge is 0.244 e. The number of halogens is 2. The molecule has 0 bridgehead atoms. The molecule has 1 atom stereocenters. The zero-order valence-corrected chi connectivity index (χ0v) is 12.5. The Morgan fingerprint density at radius 3 is 3.00 bits per heavy atom. The highest BCUT2D eigenvalue weighted by molar-refractivity contribution is 14.1. The van der Waals surface area contributed by atoms with Crippen molar-refractivity contribution < 1.29 is 4.79 Å². The largest absolute Gasteiger partial charge is 0.310 e. The minimum absolute atomic E-state index is 0.0357. The second kappa shape index (κ2) is 5.54. The monoisotopic (exact) mass is 364 g/mol. The first kappa shape index (κ1) is 13.1. The lowest BCUT2D eigenvalue weighted by Gasteiger charge is -2.18. The fraction of sp³-hybridized carbons (Fsp3) is 0.417. The molecule has 1 unspecified atom stereocenters. The van der Waals surface area contributed by atoms with Crippen molar-refractivity contribution in [3.8, 4) is 0 Å². The van der Waals surface area contributed by atoms with Crippen LogP contribution in [0.4, 0.5) is 5.69 Å². The SMILES string of the molecule is CCNC1CCN(c2ccc(Cl)cc2I)C1=O. The molecule has 1 N–H and O–H groups in total. The topological polar surface area (TPSA) is 32.3 Å². The molecule has 92 valence electrons. The van der Waals surface area contributed by atoms with Gasteiger partial charge in [0, 0.05) is 15.1 Å². The lowest BCUT2D eigenvalue weighted by molar-refractivity contribution is -0.118. The Labute approximate surface area is 120 Å². The molecule has 2 rings (SSSR count). The average Bonchev–Trinajstić information content (AvgIpc) is 2.62. The van der Waals surface area contributed by atoms with Crippen LogP contribution in [0.5, 0.6) is 0 Å². The van der Waals surface area contributed by atoms with E-state index < -0.39 is 0 Å². The van der Waals surface area contributed by atoms with Crippen LogP contribution in [0, 0.1) is 3.57 Å². The Kier molecular flexibility index (Phi) is 4.27. The summed E-state index contributed by atoms with van der Waals surface area (Å²) in [4.78, 5) is 14.0. The quantitative estimate of drug-likeness (QED) is 0.837. The second-order valence-electron chi connectivity index (χ2n) is 3.98. The third-order valence-electron chi connectivity index (χ3n) is 2.86. The van der Waals surface area contributed by atoms with Gasteiger partial charge in [0.25, 0.3) is 0 Å². The van der Waals surface area contributed by atoms with Gasteiger partial charge in [-0.1, -0.05) is 18.5 Å². The second-order valence-corrected chi connectivity index (χ2v) is 5.58. The van der Waals surface area contributed by atoms with E-state index in [1.807, 2.05) is 30.0 Å². The summed E-state index contributed by atoms with van der Waals surface area (Å²) in [6.07, 6.45) is 0.866. The minimum atomic E-state index is -0.0357. The van der Waals surface area contributed by atoms with Crippen molar-refractivity contribution in [2.75, 3.05) is 18.0 Å². The van der Waals surface area contributed by atoms with Gasteiger partial charge in [0.2, 0.25) is 5.91 Å². The number of carbonyl (C=O) groups excluding carboxylic acids is 1. The summed E-state index contributed by atoms with van der Waals surface area (Å²) in [5, 5.41) is 3.91. The Morgan fingerprint density at radius 2 is 2.35 bits per heavy atom. The molecule has 1 aliphatic rings. The van der Waals surface area contributed by atoms with E-state index >= 15 is 0 Å². The van der Waals surface area contributed by atoms with E-state index in [4.69, 9.17) is 11.6 Å². The summed E-state index contributed by atoms with van der Waals surface area (Å²) in [6.45, 7) is 3.61. The maximum Gasteiger partial charge on any atom is 0.244 e. The molecule has 1 heterocycles. The molecular formula is C12H14ClIN2O. The van der Waals surface area contributed by atoms with Crippen LogP contribution >= 0.6 is 34.2 Å². The van der Waals surface area contributed by atoms with Gasteiger partial charge in [0.1, 0.15) is 0 Å². The van der Waals surface area contributed by atoms with Crippen LogP contribution in [0.1, 0.15) is 13.3 Å². The maximum atomic E-state index is 12.2. The summed E-state index contributed by atoms with van der Waals surface area (Å²) < 4.78 is 1.01. The summed E-state index contributed by atoms with van der Waals surface area (Å²) >= 11 is 8.13. The van der Waals surface area contributed by atoms with Crippen LogP contribution in [0.3, 0.4) is 0 Å². The maximum absolute atomic E-state index is 12.2. The van der Waals surface area contributed by atoms with Gasteiger partial charge in [-0.05, 0) is 53.8 Å². The van der Waals surface area contributed by atoms with Gasteiger partial charge in [-0.25, -0.2) is 0 Å². The van der Waals surface area contributed by atoms with Crippen molar-refractivity contribution in [2.45, 2.75) is 19.4 Å². The fourth-order valence-electron chi connectivity index (χ4n) is 2.06. The molecule has 5 heteroatoms. The summed E-state index contributed by atoms with van der Waals surface area (Å²) in [5.41, 5.74) is 0.959. The molecule has 1 aliphatic heterocycles. The van der Waals surface area contributed by atoms with Crippen LogP contribution < -0.4 is 10.2 Å². The molecule has 17 heavy (non-hydrogen) atoms. The van der Waals surface area contributed by atoms with Crippen LogP contribution in [0.25, 0.3) is 0 Å². The number of rotatable bonds is 3. The van der Waals surface area contributed by atoms with E-state index in [2.05, 4.69) is 27.9 Å². The van der Waals surface area contributed by atoms with E-state index in [0.29, 0.717) is 5.02 Å². The molecule has 3 nitrogen and oxygen atoms in total. The highest BCUT2D eigenvalue weighted by atomic mass is 127. The van der Waals surface area contributed by atoms with Crippen LogP contribution in [-0.2, 0) is 4.79 Å². The number of hydrogen-bond acceptors (Lipinski definition) is 2. The summed E-state index contributed by atoms with van der Waals surface area (Å²) in [5.74, 6) is 0.159. The molecule has 0 aliphatic carbocycles. The molecule has 1 fully saturated rings. The third kappa shape index (κ3) is 2.74. The first-order valence-electron chi connectivity index (χ1n) is 5.63. The zero-order chi connectivity index (χ0) is 12.4. The molecule has 0 radical (unpaired) electrons. The van der Waals surface area contributed by atoms with E-state index in [1.54, 1.807) is 0 Å². The number of hydrogen-bond donors (Lipinski definition) is 1. The van der Waals surface area contributed by atoms with Gasteiger partial charge in [0.05, 0.1) is 11.7 Å². The van der Waals surface area contributed by atoms with Gasteiger partial charge in [0.15, 0.2) is 0 Å². The molecule has 1 aromatic rings. The normalized spacial score (nSPS) is 20.1. The highest BCUT2D eigenvalue weighted by Gasteiger charge is 2.32. The Morgan fingerprint density at radius 1 is 1.59 bits per heavy atom. The van der Waals surface area contributed by atoms with Crippen molar-refractivity contribution in [1.29, 1.82) is 0 Å². The van der Waals surface area contributed by atoms with E-state index in [9.17, 15) is 4.79 Å². The first-order valence-corrected chi connectivity index (χ1v) is 7.09. The van der Waals surface area contributed by atoms with Crippen LogP contribution in [-0.4, -0.2) is 25.0 Å². The molecule has 0 saturated carbocycles. The van der Waals surface area contributed by atoms with E-state index in [1.165, 1.54) is 0 Å². The number of anilines is 1. The zero-order valence-electron chi connectivity index (χ0n) is 9.54. The van der Waals surface area contributed by atoms with Gasteiger partial charge < -0.3 is 10.2 Å². The standard InChI is InChI=1S/C12H14ClIN2O/c1-2-15-10-5-6-16(12(10)17)11-4-3-8(13)7-9(11)14/h3-4,7,10,15H,2,5-6H2,1H3. The molecule has 1 aromatic carbocycles. The predicted octanol–water partition coefficient (Wildman–Crippen LogP) is 2.66. The van der Waals surface area contributed by atoms with Crippen molar-refractivity contribution >= 4 is 45.8 Å².